The van der Waals surface area contributed by atoms with Crippen LogP contribution in [0.15, 0.2) is 83.5 Å². The summed E-state index contributed by atoms with van der Waals surface area (Å²) in [7, 11) is 0. The third-order valence-corrected chi connectivity index (χ3v) is 4.27. The molecule has 3 N–H and O–H groups in total. The number of benzene rings is 2. The summed E-state index contributed by atoms with van der Waals surface area (Å²) in [4.78, 5) is 12.1. The molecule has 2 aromatic carbocycles. The molecule has 0 fully saturated rings. The largest absolute Gasteiger partial charge is 0.480 e. The first-order valence-electron chi connectivity index (χ1n) is 8.67. The fourth-order valence-corrected chi connectivity index (χ4v) is 2.91. The van der Waals surface area contributed by atoms with Crippen molar-refractivity contribution < 1.29 is 24.9 Å². The van der Waals surface area contributed by atoms with Gasteiger partial charge in [0.25, 0.3) is 5.95 Å². The van der Waals surface area contributed by atoms with E-state index in [2.05, 4.69) is 0 Å². The summed E-state index contributed by atoms with van der Waals surface area (Å²) >= 11 is 0. The van der Waals surface area contributed by atoms with Crippen molar-refractivity contribution in [2.45, 2.75) is 32.8 Å². The van der Waals surface area contributed by atoms with E-state index < -0.39 is 23.1 Å². The molecule has 0 saturated carbocycles. The number of allylic oxidation sites excluding steroid dienone is 2. The molecule has 5 nitrogen and oxygen atoms in total. The first-order chi connectivity index (χ1) is 12.8. The highest BCUT2D eigenvalue weighted by atomic mass is 16.6. The van der Waals surface area contributed by atoms with Crippen LogP contribution in [0.1, 0.15) is 38.3 Å². The van der Waals surface area contributed by atoms with Crippen molar-refractivity contribution in [1.82, 2.24) is 0 Å². The maximum atomic E-state index is 12.1. The number of carbonyl (C=O) groups is 1. The number of hydrogen-bond acceptors (Lipinski definition) is 4. The molecule has 0 aliphatic heterocycles. The van der Waals surface area contributed by atoms with Crippen molar-refractivity contribution in [2.75, 3.05) is 0 Å². The molecule has 0 spiro atoms. The number of rotatable bonds is 7. The van der Waals surface area contributed by atoms with Gasteiger partial charge in [0, 0.05) is 6.42 Å². The van der Waals surface area contributed by atoms with E-state index in [0.717, 1.165) is 5.57 Å². The number of aliphatic carboxylic acids is 1. The van der Waals surface area contributed by atoms with E-state index in [-0.39, 0.29) is 0 Å². The van der Waals surface area contributed by atoms with Crippen LogP contribution in [0.5, 0.6) is 0 Å². The molecule has 27 heavy (non-hydrogen) atoms. The third-order valence-electron chi connectivity index (χ3n) is 4.27. The lowest BCUT2D eigenvalue weighted by atomic mass is 9.80. The normalized spacial score (nSPS) is 12.1. The highest BCUT2D eigenvalue weighted by molar-refractivity contribution is 5.90. The second-order valence-corrected chi connectivity index (χ2v) is 6.31. The van der Waals surface area contributed by atoms with Gasteiger partial charge in [0.1, 0.15) is 5.76 Å². The van der Waals surface area contributed by atoms with Crippen LogP contribution in [-0.2, 0) is 15.1 Å². The average Bonchev–Trinajstić information content (AvgIpc) is 2.66. The molecule has 0 aliphatic carbocycles. The van der Waals surface area contributed by atoms with Crippen LogP contribution in [0.2, 0.25) is 0 Å². The van der Waals surface area contributed by atoms with E-state index in [4.69, 9.17) is 4.74 Å². The van der Waals surface area contributed by atoms with Crippen LogP contribution in [-0.4, -0.2) is 21.3 Å². The van der Waals surface area contributed by atoms with Crippen LogP contribution in [0.3, 0.4) is 0 Å². The maximum Gasteiger partial charge on any atom is 0.342 e. The Bertz CT molecular complexity index is 807. The minimum absolute atomic E-state index is 0.305. The second-order valence-electron chi connectivity index (χ2n) is 6.31. The molecule has 2 aromatic rings. The Labute approximate surface area is 158 Å². The minimum atomic E-state index is -2.10. The van der Waals surface area contributed by atoms with Crippen LogP contribution in [0.4, 0.5) is 0 Å². The van der Waals surface area contributed by atoms with Crippen LogP contribution < -0.4 is 0 Å². The summed E-state index contributed by atoms with van der Waals surface area (Å²) in [5.74, 6) is -1.88. The zero-order valence-corrected chi connectivity index (χ0v) is 15.6. The quantitative estimate of drug-likeness (QED) is 0.495. The van der Waals surface area contributed by atoms with Crippen molar-refractivity contribution in [3.05, 3.63) is 94.6 Å². The minimum Gasteiger partial charge on any atom is -0.480 e. The van der Waals surface area contributed by atoms with Crippen LogP contribution >= 0.6 is 0 Å². The van der Waals surface area contributed by atoms with Crippen molar-refractivity contribution in [2.24, 2.45) is 0 Å². The van der Waals surface area contributed by atoms with E-state index in [1.165, 1.54) is 0 Å². The van der Waals surface area contributed by atoms with Gasteiger partial charge in [-0.15, -0.1) is 0 Å². The molecule has 5 heteroatoms. The molecule has 0 amide bonds. The van der Waals surface area contributed by atoms with Gasteiger partial charge >= 0.3 is 5.97 Å². The molecule has 0 aromatic heterocycles. The van der Waals surface area contributed by atoms with Gasteiger partial charge in [-0.1, -0.05) is 67.6 Å². The third kappa shape index (κ3) is 4.20. The monoisotopic (exact) mass is 368 g/mol. The molecule has 0 saturated heterocycles. The summed E-state index contributed by atoms with van der Waals surface area (Å²) in [5, 5.41) is 32.0. The van der Waals surface area contributed by atoms with Gasteiger partial charge in [0.05, 0.1) is 0 Å². The van der Waals surface area contributed by atoms with Crippen LogP contribution in [0.25, 0.3) is 0 Å². The lowest BCUT2D eigenvalue weighted by Gasteiger charge is -2.30. The summed E-state index contributed by atoms with van der Waals surface area (Å²) in [6.07, 6.45) is 0.467. The van der Waals surface area contributed by atoms with Crippen molar-refractivity contribution in [1.29, 1.82) is 0 Å². The average molecular weight is 368 g/mol. The summed E-state index contributed by atoms with van der Waals surface area (Å²) < 4.78 is 5.45. The van der Waals surface area contributed by atoms with Gasteiger partial charge in [0.2, 0.25) is 0 Å². The first kappa shape index (κ1) is 20.3. The zero-order valence-electron chi connectivity index (χ0n) is 15.6. The van der Waals surface area contributed by atoms with Gasteiger partial charge in [-0.2, -0.15) is 0 Å². The predicted octanol–water partition coefficient (Wildman–Crippen LogP) is 4.50. The first-order valence-corrected chi connectivity index (χ1v) is 8.67. The lowest BCUT2D eigenvalue weighted by Crippen LogP contribution is -2.35. The molecule has 0 unspecified atom stereocenters. The maximum absolute atomic E-state index is 12.1. The molecule has 0 bridgehead atoms. The predicted molar refractivity (Wildman–Crippen MR) is 103 cm³/mol. The molecule has 0 aliphatic rings. The van der Waals surface area contributed by atoms with Crippen molar-refractivity contribution >= 4 is 5.97 Å². The summed E-state index contributed by atoms with van der Waals surface area (Å²) in [5.41, 5.74) is -1.33. The number of aliphatic hydroxyl groups excluding tert-OH is 1. The fraction of sp³-hybridized carbons (Fsp3) is 0.227. The highest BCUT2D eigenvalue weighted by Gasteiger charge is 2.43. The standard InChI is InChI=1S/C22H24O5/c1-4-18(15(2)3)27-21(25)19(20(23)24)22(26,16-11-7-5-8-12-16)17-13-9-6-10-14-17/h5-14,25-26H,4H2,1-3H3,(H,23,24)/b21-19+. The molecule has 0 radical (unpaired) electrons. The Hall–Kier alpha value is -3.05. The molecule has 142 valence electrons. The molecule has 2 rings (SSSR count). The second kappa shape index (κ2) is 8.56. The van der Waals surface area contributed by atoms with E-state index >= 15 is 0 Å². The Balaban J connectivity index is 2.76. The fourth-order valence-electron chi connectivity index (χ4n) is 2.91. The van der Waals surface area contributed by atoms with Gasteiger partial charge in [-0.05, 0) is 30.5 Å². The van der Waals surface area contributed by atoms with E-state index in [1.807, 2.05) is 6.92 Å². The van der Waals surface area contributed by atoms with E-state index in [1.54, 1.807) is 74.5 Å². The summed E-state index contributed by atoms with van der Waals surface area (Å²) in [6, 6.07) is 16.7. The molecule has 0 atom stereocenters. The van der Waals surface area contributed by atoms with Crippen molar-refractivity contribution in [3.8, 4) is 0 Å². The highest BCUT2D eigenvalue weighted by Crippen LogP contribution is 2.38. The Kier molecular flexibility index (Phi) is 6.42. The summed E-state index contributed by atoms with van der Waals surface area (Å²) in [6.45, 7) is 5.43. The van der Waals surface area contributed by atoms with Gasteiger partial charge in [-0.3, -0.25) is 0 Å². The van der Waals surface area contributed by atoms with Gasteiger partial charge in [0.15, 0.2) is 11.2 Å². The Morgan fingerprint density at radius 3 is 1.70 bits per heavy atom. The zero-order chi connectivity index (χ0) is 20.0. The van der Waals surface area contributed by atoms with E-state index in [0.29, 0.717) is 23.3 Å². The van der Waals surface area contributed by atoms with Gasteiger partial charge in [-0.25, -0.2) is 4.79 Å². The van der Waals surface area contributed by atoms with Crippen LogP contribution in [0, 0.1) is 0 Å². The van der Waals surface area contributed by atoms with E-state index in [9.17, 15) is 20.1 Å². The topological polar surface area (TPSA) is 87.0 Å². The number of carboxylic acid groups (broad SMARTS) is 1. The molecular weight excluding hydrogens is 344 g/mol. The number of aliphatic hydroxyl groups is 2. The SMILES string of the molecule is CCC(O/C(O)=C(\C(=O)O)C(O)(c1ccccc1)c1ccccc1)=C(C)C. The Morgan fingerprint density at radius 2 is 1.37 bits per heavy atom. The smallest absolute Gasteiger partial charge is 0.342 e. The number of ether oxygens (including phenoxy) is 1. The number of carboxylic acids is 1. The Morgan fingerprint density at radius 1 is 0.926 bits per heavy atom. The van der Waals surface area contributed by atoms with Gasteiger partial charge < -0.3 is 20.1 Å². The molecular formula is C22H24O5. The number of hydrogen-bond donors (Lipinski definition) is 3. The van der Waals surface area contributed by atoms with Crippen molar-refractivity contribution in [3.63, 3.8) is 0 Å². The molecule has 0 heterocycles. The lowest BCUT2D eigenvalue weighted by molar-refractivity contribution is -0.135.